The SMILES string of the molecule is CNc1ccc2[nH]c(C3CC(O)C3)nc2n1. The van der Waals surface area contributed by atoms with Crippen molar-refractivity contribution < 1.29 is 5.11 Å². The molecule has 0 unspecified atom stereocenters. The number of rotatable bonds is 2. The number of aliphatic hydroxyl groups excluding tert-OH is 1. The Bertz CT molecular complexity index is 516. The predicted octanol–water partition coefficient (Wildman–Crippen LogP) is 1.24. The highest BCUT2D eigenvalue weighted by Crippen LogP contribution is 2.35. The fourth-order valence-corrected chi connectivity index (χ4v) is 2.05. The number of H-pyrrole nitrogens is 1. The second-order valence-corrected chi connectivity index (χ2v) is 4.26. The van der Waals surface area contributed by atoms with Crippen LogP contribution in [0, 0.1) is 0 Å². The molecule has 3 rings (SSSR count). The summed E-state index contributed by atoms with van der Waals surface area (Å²) < 4.78 is 0. The van der Waals surface area contributed by atoms with Gasteiger partial charge in [-0.15, -0.1) is 0 Å². The van der Waals surface area contributed by atoms with Gasteiger partial charge in [-0.25, -0.2) is 9.97 Å². The van der Waals surface area contributed by atoms with Crippen LogP contribution in [0.3, 0.4) is 0 Å². The van der Waals surface area contributed by atoms with Crippen LogP contribution >= 0.6 is 0 Å². The zero-order valence-electron chi connectivity index (χ0n) is 9.07. The van der Waals surface area contributed by atoms with E-state index in [1.165, 1.54) is 0 Å². The van der Waals surface area contributed by atoms with Crippen molar-refractivity contribution in [1.82, 2.24) is 15.0 Å². The van der Waals surface area contributed by atoms with Crippen molar-refractivity contribution in [1.29, 1.82) is 0 Å². The molecule has 1 aliphatic carbocycles. The predicted molar refractivity (Wildman–Crippen MR) is 61.4 cm³/mol. The molecule has 0 aromatic carbocycles. The van der Waals surface area contributed by atoms with Gasteiger partial charge in [0.1, 0.15) is 11.6 Å². The molecule has 0 amide bonds. The Morgan fingerprint density at radius 2 is 2.19 bits per heavy atom. The normalized spacial score (nSPS) is 24.4. The zero-order chi connectivity index (χ0) is 11.1. The first kappa shape index (κ1) is 9.59. The van der Waals surface area contributed by atoms with E-state index in [9.17, 15) is 5.11 Å². The van der Waals surface area contributed by atoms with Crippen molar-refractivity contribution in [3.05, 3.63) is 18.0 Å². The second-order valence-electron chi connectivity index (χ2n) is 4.26. The summed E-state index contributed by atoms with van der Waals surface area (Å²) >= 11 is 0. The van der Waals surface area contributed by atoms with Gasteiger partial charge in [0.15, 0.2) is 5.65 Å². The smallest absolute Gasteiger partial charge is 0.179 e. The number of nitrogens with zero attached hydrogens (tertiary/aromatic N) is 2. The van der Waals surface area contributed by atoms with E-state index < -0.39 is 0 Å². The van der Waals surface area contributed by atoms with E-state index in [2.05, 4.69) is 20.3 Å². The molecule has 1 aliphatic rings. The van der Waals surface area contributed by atoms with Crippen LogP contribution in [0.4, 0.5) is 5.82 Å². The minimum atomic E-state index is -0.154. The molecule has 0 radical (unpaired) electrons. The Kier molecular flexibility index (Phi) is 2.07. The van der Waals surface area contributed by atoms with Crippen LogP contribution in [0.1, 0.15) is 24.6 Å². The number of aromatic amines is 1. The molecular formula is C11H14N4O. The third-order valence-electron chi connectivity index (χ3n) is 3.12. The van der Waals surface area contributed by atoms with Gasteiger partial charge < -0.3 is 15.4 Å². The lowest BCUT2D eigenvalue weighted by Crippen LogP contribution is -2.27. The topological polar surface area (TPSA) is 73.8 Å². The first-order valence-corrected chi connectivity index (χ1v) is 5.48. The minimum Gasteiger partial charge on any atom is -0.393 e. The van der Waals surface area contributed by atoms with E-state index in [1.807, 2.05) is 19.2 Å². The van der Waals surface area contributed by atoms with Crippen molar-refractivity contribution >= 4 is 17.0 Å². The lowest BCUT2D eigenvalue weighted by atomic mass is 9.82. The van der Waals surface area contributed by atoms with Gasteiger partial charge in [-0.05, 0) is 25.0 Å². The van der Waals surface area contributed by atoms with Crippen LogP contribution in [0.25, 0.3) is 11.2 Å². The van der Waals surface area contributed by atoms with Crippen molar-refractivity contribution in [3.8, 4) is 0 Å². The van der Waals surface area contributed by atoms with Crippen LogP contribution in [0.5, 0.6) is 0 Å². The number of nitrogens with one attached hydrogen (secondary N) is 2. The molecule has 84 valence electrons. The molecule has 5 nitrogen and oxygen atoms in total. The molecule has 1 fully saturated rings. The zero-order valence-corrected chi connectivity index (χ0v) is 9.07. The third-order valence-corrected chi connectivity index (χ3v) is 3.12. The number of anilines is 1. The van der Waals surface area contributed by atoms with Crippen LogP contribution in [0.2, 0.25) is 0 Å². The molecule has 0 atom stereocenters. The highest BCUT2D eigenvalue weighted by Gasteiger charge is 2.30. The standard InChI is InChI=1S/C11H14N4O/c1-12-9-3-2-8-11(14-9)15-10(13-8)6-4-7(16)5-6/h2-3,6-7,16H,4-5H2,1H3,(H2,12,13,14,15). The summed E-state index contributed by atoms with van der Waals surface area (Å²) in [5.74, 6) is 2.13. The van der Waals surface area contributed by atoms with Gasteiger partial charge in [0.2, 0.25) is 0 Å². The lowest BCUT2D eigenvalue weighted by Gasteiger charge is -2.29. The van der Waals surface area contributed by atoms with Gasteiger partial charge in [-0.3, -0.25) is 0 Å². The molecule has 3 N–H and O–H groups in total. The van der Waals surface area contributed by atoms with E-state index in [1.54, 1.807) is 0 Å². The van der Waals surface area contributed by atoms with Crippen LogP contribution in [-0.4, -0.2) is 33.2 Å². The molecule has 0 saturated heterocycles. The highest BCUT2D eigenvalue weighted by molar-refractivity contribution is 5.73. The van der Waals surface area contributed by atoms with Gasteiger partial charge in [0.25, 0.3) is 0 Å². The van der Waals surface area contributed by atoms with Crippen molar-refractivity contribution in [3.63, 3.8) is 0 Å². The summed E-state index contributed by atoms with van der Waals surface area (Å²) in [6, 6.07) is 3.89. The summed E-state index contributed by atoms with van der Waals surface area (Å²) in [5.41, 5.74) is 1.69. The average Bonchev–Trinajstić information content (AvgIpc) is 2.66. The first-order valence-electron chi connectivity index (χ1n) is 5.48. The van der Waals surface area contributed by atoms with Gasteiger partial charge in [0.05, 0.1) is 11.6 Å². The summed E-state index contributed by atoms with van der Waals surface area (Å²) in [4.78, 5) is 12.1. The fraction of sp³-hybridized carbons (Fsp3) is 0.455. The van der Waals surface area contributed by atoms with Crippen LogP contribution < -0.4 is 5.32 Å². The van der Waals surface area contributed by atoms with Gasteiger partial charge >= 0.3 is 0 Å². The minimum absolute atomic E-state index is 0.154. The van der Waals surface area contributed by atoms with E-state index in [-0.39, 0.29) is 6.10 Å². The van der Waals surface area contributed by atoms with E-state index in [0.717, 1.165) is 35.6 Å². The molecular weight excluding hydrogens is 204 g/mol. The Morgan fingerprint density at radius 3 is 2.88 bits per heavy atom. The van der Waals surface area contributed by atoms with E-state index in [4.69, 9.17) is 0 Å². The van der Waals surface area contributed by atoms with E-state index in [0.29, 0.717) is 5.92 Å². The third kappa shape index (κ3) is 1.44. The van der Waals surface area contributed by atoms with Crippen molar-refractivity contribution in [2.75, 3.05) is 12.4 Å². The number of pyridine rings is 1. The number of aliphatic hydroxyl groups is 1. The maximum atomic E-state index is 9.27. The summed E-state index contributed by atoms with van der Waals surface area (Å²) in [6.07, 6.45) is 1.45. The Hall–Kier alpha value is -1.62. The number of aromatic nitrogens is 3. The quantitative estimate of drug-likeness (QED) is 0.709. The average molecular weight is 218 g/mol. The summed E-state index contributed by atoms with van der Waals surface area (Å²) in [6.45, 7) is 0. The van der Waals surface area contributed by atoms with Crippen molar-refractivity contribution in [2.24, 2.45) is 0 Å². The molecule has 0 bridgehead atoms. The highest BCUT2D eigenvalue weighted by atomic mass is 16.3. The lowest BCUT2D eigenvalue weighted by molar-refractivity contribution is 0.0720. The number of fused-ring (bicyclic) bond motifs is 1. The number of hydrogen-bond donors (Lipinski definition) is 3. The monoisotopic (exact) mass is 218 g/mol. The summed E-state index contributed by atoms with van der Waals surface area (Å²) in [7, 11) is 1.84. The van der Waals surface area contributed by atoms with Crippen LogP contribution in [-0.2, 0) is 0 Å². The van der Waals surface area contributed by atoms with Crippen molar-refractivity contribution in [2.45, 2.75) is 24.9 Å². The van der Waals surface area contributed by atoms with Gasteiger partial charge in [0, 0.05) is 13.0 Å². The molecule has 0 spiro atoms. The molecule has 16 heavy (non-hydrogen) atoms. The Labute approximate surface area is 92.9 Å². The largest absolute Gasteiger partial charge is 0.393 e. The number of hydrogen-bond acceptors (Lipinski definition) is 4. The van der Waals surface area contributed by atoms with Crippen LogP contribution in [0.15, 0.2) is 12.1 Å². The maximum absolute atomic E-state index is 9.27. The van der Waals surface area contributed by atoms with Gasteiger partial charge in [-0.1, -0.05) is 0 Å². The molecule has 2 aromatic rings. The molecule has 5 heteroatoms. The number of imidazole rings is 1. The molecule has 2 aromatic heterocycles. The molecule has 1 saturated carbocycles. The second kappa shape index (κ2) is 3.45. The Balaban J connectivity index is 1.96. The fourth-order valence-electron chi connectivity index (χ4n) is 2.05. The van der Waals surface area contributed by atoms with Gasteiger partial charge in [-0.2, -0.15) is 0 Å². The maximum Gasteiger partial charge on any atom is 0.179 e. The van der Waals surface area contributed by atoms with E-state index >= 15 is 0 Å². The first-order chi connectivity index (χ1) is 7.76. The molecule has 2 heterocycles. The Morgan fingerprint density at radius 1 is 1.38 bits per heavy atom. The summed E-state index contributed by atoms with van der Waals surface area (Å²) in [5, 5.41) is 12.3. The molecule has 0 aliphatic heterocycles.